The van der Waals surface area contributed by atoms with Crippen LogP contribution in [0.3, 0.4) is 0 Å². The first-order chi connectivity index (χ1) is 17.0. The van der Waals surface area contributed by atoms with Crippen LogP contribution in [0.4, 0.5) is 5.13 Å². The normalized spacial score (nSPS) is 14.2. The van der Waals surface area contributed by atoms with E-state index >= 15 is 0 Å². The molecule has 4 rings (SSSR count). The van der Waals surface area contributed by atoms with Crippen LogP contribution in [0.15, 0.2) is 24.3 Å². The van der Waals surface area contributed by atoms with Crippen LogP contribution in [0.2, 0.25) is 0 Å². The van der Waals surface area contributed by atoms with Gasteiger partial charge in [-0.2, -0.15) is 0 Å². The van der Waals surface area contributed by atoms with Crippen LogP contribution >= 0.6 is 11.3 Å². The van der Waals surface area contributed by atoms with E-state index in [0.29, 0.717) is 34.5 Å². The lowest BCUT2D eigenvalue weighted by atomic mass is 10.1. The van der Waals surface area contributed by atoms with Gasteiger partial charge in [0.1, 0.15) is 0 Å². The molecule has 1 aliphatic heterocycles. The van der Waals surface area contributed by atoms with Gasteiger partial charge in [0, 0.05) is 31.7 Å². The number of amides is 1. The number of hydrogen-bond acceptors (Lipinski definition) is 8. The van der Waals surface area contributed by atoms with Gasteiger partial charge in [-0.3, -0.25) is 14.6 Å². The summed E-state index contributed by atoms with van der Waals surface area (Å²) in [4.78, 5) is 23.0. The first-order valence-electron chi connectivity index (χ1n) is 11.8. The van der Waals surface area contributed by atoms with E-state index in [1.54, 1.807) is 38.4 Å². The number of anilines is 1. The number of aryl methyl sites for hydroxylation is 2. The van der Waals surface area contributed by atoms with Gasteiger partial charge in [0.2, 0.25) is 5.75 Å². The molecule has 0 saturated carbocycles. The van der Waals surface area contributed by atoms with Crippen molar-refractivity contribution in [3.63, 3.8) is 0 Å². The predicted molar refractivity (Wildman–Crippen MR) is 139 cm³/mol. The average Bonchev–Trinajstić information content (AvgIpc) is 3.32. The van der Waals surface area contributed by atoms with Crippen molar-refractivity contribution in [2.45, 2.75) is 20.3 Å². The minimum Gasteiger partial charge on any atom is -0.493 e. The maximum absolute atomic E-state index is 13.9. The highest BCUT2D eigenvalue weighted by atomic mass is 32.1. The molecule has 2 aromatic carbocycles. The summed E-state index contributed by atoms with van der Waals surface area (Å²) in [7, 11) is 4.64. The van der Waals surface area contributed by atoms with Gasteiger partial charge < -0.3 is 18.9 Å². The minimum absolute atomic E-state index is 0.153. The molecular formula is C26H33N3O5S. The van der Waals surface area contributed by atoms with Crippen LogP contribution < -0.4 is 19.1 Å². The number of carbonyl (C=O) groups excluding carboxylic acids is 1. The fraction of sp³-hybridized carbons (Fsp3) is 0.462. The summed E-state index contributed by atoms with van der Waals surface area (Å²) in [6, 6.07) is 7.57. The van der Waals surface area contributed by atoms with Gasteiger partial charge in [0.25, 0.3) is 5.91 Å². The minimum atomic E-state index is -0.153. The first-order valence-corrected chi connectivity index (χ1v) is 12.6. The van der Waals surface area contributed by atoms with Crippen molar-refractivity contribution in [3.05, 3.63) is 41.0 Å². The fourth-order valence-corrected chi connectivity index (χ4v) is 5.30. The topological polar surface area (TPSA) is 73.4 Å². The molecule has 0 bridgehead atoms. The molecule has 0 aliphatic carbocycles. The Morgan fingerprint density at radius 2 is 1.77 bits per heavy atom. The molecular weight excluding hydrogens is 466 g/mol. The largest absolute Gasteiger partial charge is 0.493 e. The van der Waals surface area contributed by atoms with Crippen molar-refractivity contribution < 1.29 is 23.7 Å². The number of nitrogens with zero attached hydrogens (tertiary/aromatic N) is 3. The molecule has 1 saturated heterocycles. The van der Waals surface area contributed by atoms with Crippen molar-refractivity contribution in [2.75, 3.05) is 65.6 Å². The van der Waals surface area contributed by atoms with Gasteiger partial charge in [0.05, 0.1) is 44.8 Å². The van der Waals surface area contributed by atoms with E-state index in [-0.39, 0.29) is 5.91 Å². The number of morpholine rings is 1. The highest BCUT2D eigenvalue weighted by Gasteiger charge is 2.25. The number of rotatable bonds is 9. The Bertz CT molecular complexity index is 1160. The second-order valence-electron chi connectivity index (χ2n) is 8.53. The Morgan fingerprint density at radius 3 is 2.40 bits per heavy atom. The molecule has 188 valence electrons. The molecule has 8 nitrogen and oxygen atoms in total. The quantitative estimate of drug-likeness (QED) is 0.434. The van der Waals surface area contributed by atoms with Crippen molar-refractivity contribution >= 4 is 32.6 Å². The highest BCUT2D eigenvalue weighted by Crippen LogP contribution is 2.39. The predicted octanol–water partition coefficient (Wildman–Crippen LogP) is 4.31. The number of fused-ring (bicyclic) bond motifs is 1. The number of ether oxygens (including phenoxy) is 4. The zero-order chi connectivity index (χ0) is 24.9. The molecule has 1 fully saturated rings. The Balaban J connectivity index is 1.68. The smallest absolute Gasteiger partial charge is 0.260 e. The molecule has 0 atom stereocenters. The summed E-state index contributed by atoms with van der Waals surface area (Å²) in [5, 5.41) is 0.689. The van der Waals surface area contributed by atoms with E-state index in [4.69, 9.17) is 23.9 Å². The average molecular weight is 500 g/mol. The van der Waals surface area contributed by atoms with Crippen LogP contribution in [-0.4, -0.2) is 76.5 Å². The fourth-order valence-electron chi connectivity index (χ4n) is 4.25. The third-order valence-corrected chi connectivity index (χ3v) is 7.46. The molecule has 1 amide bonds. The Labute approximate surface area is 210 Å². The van der Waals surface area contributed by atoms with Gasteiger partial charge in [-0.1, -0.05) is 17.4 Å². The van der Waals surface area contributed by atoms with Crippen molar-refractivity contribution in [2.24, 2.45) is 0 Å². The lowest BCUT2D eigenvalue weighted by molar-refractivity contribution is 0.0376. The molecule has 0 N–H and O–H groups in total. The summed E-state index contributed by atoms with van der Waals surface area (Å²) >= 11 is 1.54. The van der Waals surface area contributed by atoms with E-state index in [2.05, 4.69) is 30.9 Å². The Kier molecular flexibility index (Phi) is 8.10. The van der Waals surface area contributed by atoms with Crippen LogP contribution in [0.25, 0.3) is 10.2 Å². The van der Waals surface area contributed by atoms with Gasteiger partial charge in [-0.25, -0.2) is 4.98 Å². The molecule has 0 unspecified atom stereocenters. The number of aromatic nitrogens is 1. The Hall–Kier alpha value is -2.88. The van der Waals surface area contributed by atoms with Crippen LogP contribution in [-0.2, 0) is 4.74 Å². The molecule has 2 heterocycles. The van der Waals surface area contributed by atoms with Crippen molar-refractivity contribution in [3.8, 4) is 17.2 Å². The molecule has 35 heavy (non-hydrogen) atoms. The molecule has 1 aromatic heterocycles. The summed E-state index contributed by atoms with van der Waals surface area (Å²) in [5.41, 5.74) is 3.72. The standard InChI is InChI=1S/C26H33N3O5S/c1-17-7-8-22-23(18(17)2)27-26(35-22)29(10-6-9-28-11-13-34-14-12-28)25(30)19-15-20(31-3)24(33-5)21(16-19)32-4/h7-8,15-16H,6,9-14H2,1-5H3. The molecule has 3 aromatic rings. The van der Waals surface area contributed by atoms with Crippen molar-refractivity contribution in [1.29, 1.82) is 0 Å². The third-order valence-electron chi connectivity index (χ3n) is 6.42. The number of benzene rings is 2. The summed E-state index contributed by atoms with van der Waals surface area (Å²) in [6.07, 6.45) is 0.824. The first kappa shape index (κ1) is 25.2. The molecule has 0 radical (unpaired) electrons. The Morgan fingerprint density at radius 1 is 1.09 bits per heavy atom. The van der Waals surface area contributed by atoms with E-state index in [9.17, 15) is 4.79 Å². The van der Waals surface area contributed by atoms with Gasteiger partial charge in [0.15, 0.2) is 16.6 Å². The lowest BCUT2D eigenvalue weighted by Gasteiger charge is -2.28. The zero-order valence-electron chi connectivity index (χ0n) is 21.1. The van der Waals surface area contributed by atoms with Crippen LogP contribution in [0.5, 0.6) is 17.2 Å². The SMILES string of the molecule is COc1cc(C(=O)N(CCCN2CCOCC2)c2nc3c(C)c(C)ccc3s2)cc(OC)c1OC. The van der Waals surface area contributed by atoms with E-state index < -0.39 is 0 Å². The van der Waals surface area contributed by atoms with Gasteiger partial charge in [-0.15, -0.1) is 0 Å². The van der Waals surface area contributed by atoms with Crippen molar-refractivity contribution in [1.82, 2.24) is 9.88 Å². The lowest BCUT2D eigenvalue weighted by Crippen LogP contribution is -2.39. The van der Waals surface area contributed by atoms with Crippen LogP contribution in [0.1, 0.15) is 27.9 Å². The summed E-state index contributed by atoms with van der Waals surface area (Å²) in [6.45, 7) is 8.94. The molecule has 1 aliphatic rings. The maximum atomic E-state index is 13.9. The molecule has 0 spiro atoms. The van der Waals surface area contributed by atoms with Gasteiger partial charge >= 0.3 is 0 Å². The van der Waals surface area contributed by atoms with E-state index in [0.717, 1.165) is 55.0 Å². The monoisotopic (exact) mass is 499 g/mol. The summed E-state index contributed by atoms with van der Waals surface area (Å²) in [5.74, 6) is 1.19. The number of thiazole rings is 1. The van der Waals surface area contributed by atoms with E-state index in [1.165, 1.54) is 16.9 Å². The van der Waals surface area contributed by atoms with Gasteiger partial charge in [-0.05, 0) is 49.6 Å². The van der Waals surface area contributed by atoms with E-state index in [1.807, 2.05) is 0 Å². The van der Waals surface area contributed by atoms with Crippen LogP contribution in [0, 0.1) is 13.8 Å². The number of methoxy groups -OCH3 is 3. The zero-order valence-corrected chi connectivity index (χ0v) is 21.9. The maximum Gasteiger partial charge on any atom is 0.260 e. The second kappa shape index (κ2) is 11.2. The third kappa shape index (κ3) is 5.37. The number of carbonyl (C=O) groups is 1. The number of hydrogen-bond donors (Lipinski definition) is 0. The molecule has 9 heteroatoms. The summed E-state index contributed by atoms with van der Waals surface area (Å²) < 4.78 is 22.9. The second-order valence-corrected chi connectivity index (χ2v) is 9.54. The highest BCUT2D eigenvalue weighted by molar-refractivity contribution is 7.22.